The van der Waals surface area contributed by atoms with E-state index in [1.807, 2.05) is 6.07 Å². The predicted molar refractivity (Wildman–Crippen MR) is 160 cm³/mol. The van der Waals surface area contributed by atoms with Gasteiger partial charge in [0.2, 0.25) is 0 Å². The molecule has 0 bridgehead atoms. The third kappa shape index (κ3) is 5.47. The molecular weight excluding hydrogens is 597 g/mol. The lowest BCUT2D eigenvalue weighted by Gasteiger charge is -2.49. The van der Waals surface area contributed by atoms with Gasteiger partial charge >= 0.3 is 6.09 Å². The minimum atomic E-state index is -3.17. The molecule has 1 spiro atoms. The normalized spacial score (nSPS) is 26.7. The number of nitrogens with zero attached hydrogens (tertiary/aromatic N) is 5. The molecule has 1 fully saturated rings. The highest BCUT2D eigenvalue weighted by Gasteiger charge is 2.62. The zero-order chi connectivity index (χ0) is 31.6. The number of nitrogens with one attached hydrogen (secondary N) is 2. The van der Waals surface area contributed by atoms with Crippen molar-refractivity contribution in [3.63, 3.8) is 0 Å². The second-order valence-electron chi connectivity index (χ2n) is 12.9. The topological polar surface area (TPSA) is 159 Å². The summed E-state index contributed by atoms with van der Waals surface area (Å²) in [6, 6.07) is 5.62. The van der Waals surface area contributed by atoms with Crippen LogP contribution in [-0.4, -0.2) is 54.2 Å². The molecule has 43 heavy (non-hydrogen) atoms. The Kier molecular flexibility index (Phi) is 7.33. The summed E-state index contributed by atoms with van der Waals surface area (Å²) in [4.78, 5) is 39.2. The lowest BCUT2D eigenvalue weighted by atomic mass is 9.84. The molecule has 1 aliphatic carbocycles. The number of carbonyl (C=O) groups is 2. The number of amides is 2. The van der Waals surface area contributed by atoms with E-state index in [0.717, 1.165) is 18.9 Å². The maximum Gasteiger partial charge on any atom is 0.413 e. The summed E-state index contributed by atoms with van der Waals surface area (Å²) < 4.78 is 39.7. The van der Waals surface area contributed by atoms with Crippen molar-refractivity contribution in [1.82, 2.24) is 15.3 Å². The van der Waals surface area contributed by atoms with Gasteiger partial charge in [-0.3, -0.25) is 15.1 Å². The molecule has 0 saturated heterocycles. The molecule has 2 aromatic heterocycles. The van der Waals surface area contributed by atoms with E-state index in [2.05, 4.69) is 20.6 Å². The Morgan fingerprint density at radius 2 is 1.91 bits per heavy atom. The van der Waals surface area contributed by atoms with Gasteiger partial charge in [0.25, 0.3) is 5.91 Å². The van der Waals surface area contributed by atoms with E-state index in [-0.39, 0.29) is 39.0 Å². The summed E-state index contributed by atoms with van der Waals surface area (Å²) in [6.45, 7) is 10.6. The van der Waals surface area contributed by atoms with Gasteiger partial charge in [-0.1, -0.05) is 11.6 Å². The fourth-order valence-corrected chi connectivity index (χ4v) is 9.20. The Hall–Kier alpha value is -3.63. The number of aliphatic imine (C=N–C) groups is 1. The van der Waals surface area contributed by atoms with Crippen molar-refractivity contribution < 1.29 is 22.9 Å². The van der Waals surface area contributed by atoms with Crippen LogP contribution in [-0.2, 0) is 20.0 Å². The molecule has 228 valence electrons. The quantitative estimate of drug-likeness (QED) is 0.463. The highest BCUT2D eigenvalue weighted by atomic mass is 35.5. The van der Waals surface area contributed by atoms with Crippen LogP contribution in [0, 0.1) is 22.6 Å². The molecule has 2 aromatic rings. The minimum Gasteiger partial charge on any atom is -0.444 e. The van der Waals surface area contributed by atoms with Crippen LogP contribution in [0.4, 0.5) is 15.0 Å². The SMILES string of the molecule is CC(C)(C)OC(=O)NC1=N[C@](C)(c2nc(NC(=O)c3ncc(C#N)cc3Cl)ccc2F)[C@H]2CC3(CC3)CN=[S@]2(=O)C1(C)C. The predicted octanol–water partition coefficient (Wildman–Crippen LogP) is 5.34. The number of ether oxygens (including phenoxy) is 1. The van der Waals surface area contributed by atoms with Gasteiger partial charge in [-0.05, 0) is 84.4 Å². The molecule has 2 amide bonds. The highest BCUT2D eigenvalue weighted by molar-refractivity contribution is 7.96. The van der Waals surface area contributed by atoms with Crippen LogP contribution >= 0.6 is 11.6 Å². The molecule has 14 heteroatoms. The van der Waals surface area contributed by atoms with Crippen molar-refractivity contribution in [1.29, 1.82) is 5.26 Å². The van der Waals surface area contributed by atoms with E-state index in [9.17, 15) is 13.8 Å². The first-order valence-corrected chi connectivity index (χ1v) is 15.7. The average Bonchev–Trinajstić information content (AvgIpc) is 3.67. The number of pyridine rings is 2. The van der Waals surface area contributed by atoms with Gasteiger partial charge in [0.15, 0.2) is 0 Å². The second-order valence-corrected chi connectivity index (χ2v) is 16.3. The third-order valence-corrected chi connectivity index (χ3v) is 12.1. The molecule has 11 nitrogen and oxygen atoms in total. The number of halogens is 2. The first kappa shape index (κ1) is 30.8. The van der Waals surface area contributed by atoms with Crippen molar-refractivity contribution in [2.75, 3.05) is 11.9 Å². The number of fused-ring (bicyclic) bond motifs is 1. The lowest BCUT2D eigenvalue weighted by molar-refractivity contribution is 0.0560. The molecule has 3 aliphatic rings. The van der Waals surface area contributed by atoms with Gasteiger partial charge in [-0.15, -0.1) is 0 Å². The Bertz CT molecular complexity index is 1730. The van der Waals surface area contributed by atoms with Gasteiger partial charge < -0.3 is 10.1 Å². The van der Waals surface area contributed by atoms with E-state index >= 15 is 4.39 Å². The third-order valence-electron chi connectivity index (χ3n) is 8.20. The first-order valence-electron chi connectivity index (χ1n) is 13.8. The van der Waals surface area contributed by atoms with Crippen LogP contribution < -0.4 is 10.6 Å². The van der Waals surface area contributed by atoms with Gasteiger partial charge in [0.1, 0.15) is 50.8 Å². The van der Waals surface area contributed by atoms with E-state index in [1.165, 1.54) is 18.3 Å². The Morgan fingerprint density at radius 1 is 1.21 bits per heavy atom. The van der Waals surface area contributed by atoms with Crippen molar-refractivity contribution in [3.05, 3.63) is 52.2 Å². The smallest absolute Gasteiger partial charge is 0.413 e. The van der Waals surface area contributed by atoms with Gasteiger partial charge in [0.05, 0.1) is 32.1 Å². The maximum absolute atomic E-state index is 15.8. The number of aromatic nitrogens is 2. The number of hydrogen-bond donors (Lipinski definition) is 2. The molecule has 2 N–H and O–H groups in total. The Balaban J connectivity index is 1.60. The van der Waals surface area contributed by atoms with Crippen LogP contribution in [0.2, 0.25) is 5.02 Å². The summed E-state index contributed by atoms with van der Waals surface area (Å²) in [5.41, 5.74) is -2.60. The number of carbonyl (C=O) groups excluding carboxylic acids is 2. The lowest BCUT2D eigenvalue weighted by Crippen LogP contribution is -2.63. The standard InChI is InChI=1S/C29H33ClFN7O4S/c1-26(2,3)42-25(40)37-24-27(4,5)43(41)19(12-29(9-10-29)15-34-43)28(6,38-24)22-18(31)7-8-20(35-22)36-23(39)21-17(30)11-16(13-32)14-33-21/h7-8,11,14,19H,9-10,12,15H2,1-6H3,(H,35,36,39)(H,37,38,40)/t19-,28+,43-/m1/s1. The number of amidine groups is 1. The van der Waals surface area contributed by atoms with Gasteiger partial charge in [-0.2, -0.15) is 5.26 Å². The summed E-state index contributed by atoms with van der Waals surface area (Å²) in [5, 5.41) is 13.5. The zero-order valence-electron chi connectivity index (χ0n) is 24.7. The van der Waals surface area contributed by atoms with E-state index in [1.54, 1.807) is 41.5 Å². The minimum absolute atomic E-state index is 0.0214. The second kappa shape index (κ2) is 10.2. The van der Waals surface area contributed by atoms with E-state index in [4.69, 9.17) is 31.0 Å². The number of alkyl carbamates (subject to hydrolysis) is 1. The summed E-state index contributed by atoms with van der Waals surface area (Å²) in [6.07, 6.45) is 2.73. The molecule has 3 atom stereocenters. The Morgan fingerprint density at radius 3 is 2.51 bits per heavy atom. The monoisotopic (exact) mass is 629 g/mol. The largest absolute Gasteiger partial charge is 0.444 e. The maximum atomic E-state index is 15.8. The first-order chi connectivity index (χ1) is 19.9. The zero-order valence-corrected chi connectivity index (χ0v) is 26.3. The number of hydrogen-bond acceptors (Lipinski definition) is 9. The van der Waals surface area contributed by atoms with Crippen molar-refractivity contribution in [3.8, 4) is 6.07 Å². The van der Waals surface area contributed by atoms with Crippen LogP contribution in [0.1, 0.15) is 82.6 Å². The molecule has 5 rings (SSSR count). The van der Waals surface area contributed by atoms with Crippen LogP contribution in [0.5, 0.6) is 0 Å². The summed E-state index contributed by atoms with van der Waals surface area (Å²) in [5.74, 6) is -1.43. The summed E-state index contributed by atoms with van der Waals surface area (Å²) in [7, 11) is -3.17. The number of anilines is 1. The van der Waals surface area contributed by atoms with Crippen molar-refractivity contribution in [2.24, 2.45) is 14.8 Å². The van der Waals surface area contributed by atoms with Gasteiger partial charge in [-0.25, -0.2) is 27.7 Å². The molecular formula is C29H33ClFN7O4S. The molecule has 2 aliphatic heterocycles. The highest BCUT2D eigenvalue weighted by Crippen LogP contribution is 2.59. The number of nitriles is 1. The van der Waals surface area contributed by atoms with Crippen molar-refractivity contribution in [2.45, 2.75) is 81.9 Å². The molecule has 0 unspecified atom stereocenters. The molecule has 0 aromatic carbocycles. The van der Waals surface area contributed by atoms with Crippen LogP contribution in [0.25, 0.3) is 0 Å². The van der Waals surface area contributed by atoms with Crippen LogP contribution in [0.3, 0.4) is 0 Å². The van der Waals surface area contributed by atoms with Gasteiger partial charge in [0, 0.05) is 6.20 Å². The molecule has 4 heterocycles. The summed E-state index contributed by atoms with van der Waals surface area (Å²) >= 11 is 6.16. The molecule has 0 radical (unpaired) electrons. The fourth-order valence-electron chi connectivity index (χ4n) is 5.53. The van der Waals surface area contributed by atoms with Crippen molar-refractivity contribution >= 4 is 45.0 Å². The van der Waals surface area contributed by atoms with Crippen LogP contribution in [0.15, 0.2) is 33.8 Å². The fraction of sp³-hybridized carbons (Fsp3) is 0.517. The number of rotatable bonds is 3. The molecule has 1 saturated carbocycles. The van der Waals surface area contributed by atoms with E-state index < -0.39 is 48.7 Å². The average molecular weight is 630 g/mol. The van der Waals surface area contributed by atoms with E-state index in [0.29, 0.717) is 13.0 Å². The Labute approximate surface area is 254 Å².